The zero-order chi connectivity index (χ0) is 22.0. The van der Waals surface area contributed by atoms with Crippen molar-refractivity contribution in [2.24, 2.45) is 0 Å². The normalized spacial score (nSPS) is 15.1. The molecule has 0 spiro atoms. The van der Waals surface area contributed by atoms with Gasteiger partial charge in [0.1, 0.15) is 10.6 Å². The molecule has 6 nitrogen and oxygen atoms in total. The molecule has 1 aliphatic rings. The maximum Gasteiger partial charge on any atom is 0.252 e. The van der Waals surface area contributed by atoms with Crippen molar-refractivity contribution in [1.82, 2.24) is 9.29 Å². The van der Waals surface area contributed by atoms with E-state index in [0.29, 0.717) is 23.4 Å². The fourth-order valence-electron chi connectivity index (χ4n) is 4.15. The van der Waals surface area contributed by atoms with Crippen LogP contribution in [0.25, 0.3) is 10.9 Å². The van der Waals surface area contributed by atoms with Gasteiger partial charge in [-0.3, -0.25) is 4.79 Å². The highest BCUT2D eigenvalue weighted by atomic mass is 35.5. The summed E-state index contributed by atoms with van der Waals surface area (Å²) >= 11 is 6.23. The third-order valence-electron chi connectivity index (χ3n) is 5.69. The Bertz CT molecular complexity index is 1250. The van der Waals surface area contributed by atoms with Gasteiger partial charge in [0.2, 0.25) is 10.0 Å². The summed E-state index contributed by atoms with van der Waals surface area (Å²) in [5.41, 5.74) is 0.774. The van der Waals surface area contributed by atoms with E-state index in [4.69, 9.17) is 16.3 Å². The molecule has 31 heavy (non-hydrogen) atoms. The number of pyridine rings is 1. The summed E-state index contributed by atoms with van der Waals surface area (Å²) in [6.07, 6.45) is 3.46. The minimum absolute atomic E-state index is 0.0115. The molecule has 3 aromatic rings. The van der Waals surface area contributed by atoms with E-state index in [1.54, 1.807) is 36.4 Å². The van der Waals surface area contributed by atoms with Crippen molar-refractivity contribution in [2.75, 3.05) is 6.61 Å². The number of nitrogens with zero attached hydrogens (tertiary/aromatic N) is 1. The predicted molar refractivity (Wildman–Crippen MR) is 122 cm³/mol. The predicted octanol–water partition coefficient (Wildman–Crippen LogP) is 4.71. The summed E-state index contributed by atoms with van der Waals surface area (Å²) in [6.45, 7) is 2.43. The van der Waals surface area contributed by atoms with E-state index in [0.717, 1.165) is 31.1 Å². The van der Waals surface area contributed by atoms with E-state index < -0.39 is 10.0 Å². The molecule has 1 N–H and O–H groups in total. The molecule has 1 aliphatic carbocycles. The number of nitrogens with one attached hydrogen (secondary N) is 1. The van der Waals surface area contributed by atoms with Gasteiger partial charge in [-0.15, -0.1) is 0 Å². The number of H-pyrrole nitrogens is 1. The quantitative estimate of drug-likeness (QED) is 0.553. The number of ether oxygens (including phenoxy) is 1. The molecule has 0 saturated heterocycles. The van der Waals surface area contributed by atoms with E-state index in [1.165, 1.54) is 10.4 Å². The first-order valence-corrected chi connectivity index (χ1v) is 12.3. The van der Waals surface area contributed by atoms with Crippen molar-refractivity contribution < 1.29 is 13.2 Å². The Kier molecular flexibility index (Phi) is 6.36. The second-order valence-electron chi connectivity index (χ2n) is 7.72. The molecule has 4 rings (SSSR count). The van der Waals surface area contributed by atoms with E-state index in [2.05, 4.69) is 4.98 Å². The average molecular weight is 461 g/mol. The molecule has 0 aliphatic heterocycles. The molecule has 0 bridgehead atoms. The molecule has 2 aromatic carbocycles. The van der Waals surface area contributed by atoms with Gasteiger partial charge in [0.15, 0.2) is 0 Å². The third-order valence-corrected chi connectivity index (χ3v) is 8.08. The van der Waals surface area contributed by atoms with Crippen LogP contribution in [0.1, 0.15) is 38.2 Å². The largest absolute Gasteiger partial charge is 0.494 e. The molecule has 0 amide bonds. The number of sulfonamides is 1. The molecule has 1 fully saturated rings. The topological polar surface area (TPSA) is 79.5 Å². The van der Waals surface area contributed by atoms with E-state index in [1.807, 2.05) is 13.0 Å². The van der Waals surface area contributed by atoms with Gasteiger partial charge in [-0.25, -0.2) is 8.42 Å². The lowest BCUT2D eigenvalue weighted by molar-refractivity contribution is 0.315. The lowest BCUT2D eigenvalue weighted by Gasteiger charge is -2.28. The highest BCUT2D eigenvalue weighted by Gasteiger charge is 2.35. The van der Waals surface area contributed by atoms with Crippen LogP contribution in [0.4, 0.5) is 0 Å². The Labute approximate surface area is 186 Å². The third kappa shape index (κ3) is 4.49. The standard InChI is InChI=1S/C23H25ClN2O4S/c1-2-30-19-11-12-21-16(14-19)13-17(23(27)25-21)15-26(18-7-3-4-8-18)31(28,29)22-10-6-5-9-20(22)24/h5-6,9-14,18H,2-4,7-8,15H2,1H3,(H,25,27). The Morgan fingerprint density at radius 2 is 1.87 bits per heavy atom. The molecule has 0 unspecified atom stereocenters. The zero-order valence-corrected chi connectivity index (χ0v) is 18.9. The summed E-state index contributed by atoms with van der Waals surface area (Å²) in [4.78, 5) is 15.7. The molecule has 164 valence electrons. The van der Waals surface area contributed by atoms with Gasteiger partial charge in [-0.05, 0) is 56.2 Å². The number of hydrogen-bond donors (Lipinski definition) is 1. The van der Waals surface area contributed by atoms with Gasteiger partial charge in [-0.2, -0.15) is 4.31 Å². The van der Waals surface area contributed by atoms with Gasteiger partial charge in [0, 0.05) is 29.1 Å². The first-order valence-electron chi connectivity index (χ1n) is 10.5. The summed E-state index contributed by atoms with van der Waals surface area (Å²) in [7, 11) is -3.88. The fraction of sp³-hybridized carbons (Fsp3) is 0.348. The SMILES string of the molecule is CCOc1ccc2[nH]c(=O)c(CN(C3CCCC3)S(=O)(=O)c3ccccc3Cl)cc2c1. The highest BCUT2D eigenvalue weighted by Crippen LogP contribution is 2.32. The van der Waals surface area contributed by atoms with E-state index in [9.17, 15) is 13.2 Å². The monoisotopic (exact) mass is 460 g/mol. The van der Waals surface area contributed by atoms with Crippen LogP contribution >= 0.6 is 11.6 Å². The van der Waals surface area contributed by atoms with Crippen LogP contribution in [0, 0.1) is 0 Å². The molecule has 8 heteroatoms. The number of fused-ring (bicyclic) bond motifs is 1. The number of aromatic amines is 1. The first-order chi connectivity index (χ1) is 14.9. The lowest BCUT2D eigenvalue weighted by atomic mass is 10.1. The molecule has 1 saturated carbocycles. The Morgan fingerprint density at radius 3 is 2.58 bits per heavy atom. The highest BCUT2D eigenvalue weighted by molar-refractivity contribution is 7.89. The molecular weight excluding hydrogens is 436 g/mol. The van der Waals surface area contributed by atoms with Gasteiger partial charge in [-0.1, -0.05) is 36.6 Å². The van der Waals surface area contributed by atoms with Crippen molar-refractivity contribution in [3.05, 3.63) is 69.5 Å². The van der Waals surface area contributed by atoms with Crippen molar-refractivity contribution >= 4 is 32.5 Å². The van der Waals surface area contributed by atoms with Crippen LogP contribution in [0.5, 0.6) is 5.75 Å². The first kappa shape index (κ1) is 21.9. The van der Waals surface area contributed by atoms with Crippen molar-refractivity contribution in [3.63, 3.8) is 0 Å². The molecule has 0 radical (unpaired) electrons. The van der Waals surface area contributed by atoms with Crippen molar-refractivity contribution in [3.8, 4) is 5.75 Å². The van der Waals surface area contributed by atoms with Crippen molar-refractivity contribution in [2.45, 2.75) is 50.1 Å². The summed E-state index contributed by atoms with van der Waals surface area (Å²) in [5, 5.41) is 0.973. The Balaban J connectivity index is 1.77. The summed E-state index contributed by atoms with van der Waals surface area (Å²) in [5.74, 6) is 0.698. The molecule has 0 atom stereocenters. The minimum Gasteiger partial charge on any atom is -0.494 e. The van der Waals surface area contributed by atoms with Crippen LogP contribution in [-0.4, -0.2) is 30.4 Å². The average Bonchev–Trinajstić information content (AvgIpc) is 3.27. The second kappa shape index (κ2) is 9.02. The smallest absolute Gasteiger partial charge is 0.252 e. The number of halogens is 1. The summed E-state index contributed by atoms with van der Waals surface area (Å²) < 4.78 is 34.1. The van der Waals surface area contributed by atoms with E-state index >= 15 is 0 Å². The van der Waals surface area contributed by atoms with Gasteiger partial charge in [0.25, 0.3) is 5.56 Å². The lowest BCUT2D eigenvalue weighted by Crippen LogP contribution is -2.39. The van der Waals surface area contributed by atoms with Crippen LogP contribution in [0.2, 0.25) is 5.02 Å². The molecular formula is C23H25ClN2O4S. The van der Waals surface area contributed by atoms with Crippen molar-refractivity contribution in [1.29, 1.82) is 0 Å². The van der Waals surface area contributed by atoms with Gasteiger partial charge >= 0.3 is 0 Å². The number of rotatable bonds is 7. The van der Waals surface area contributed by atoms with Crippen LogP contribution in [0.3, 0.4) is 0 Å². The van der Waals surface area contributed by atoms with Crippen LogP contribution in [-0.2, 0) is 16.6 Å². The number of aromatic nitrogens is 1. The minimum atomic E-state index is -3.88. The summed E-state index contributed by atoms with van der Waals surface area (Å²) in [6, 6.07) is 13.5. The Morgan fingerprint density at radius 1 is 1.13 bits per heavy atom. The fourth-order valence-corrected chi connectivity index (χ4v) is 6.31. The number of benzene rings is 2. The second-order valence-corrected chi connectivity index (χ2v) is 9.99. The number of hydrogen-bond acceptors (Lipinski definition) is 4. The van der Waals surface area contributed by atoms with Crippen LogP contribution in [0.15, 0.2) is 58.2 Å². The molecule has 1 heterocycles. The van der Waals surface area contributed by atoms with Crippen LogP contribution < -0.4 is 10.3 Å². The maximum atomic E-state index is 13.6. The van der Waals surface area contributed by atoms with Gasteiger partial charge in [0.05, 0.1) is 11.6 Å². The maximum absolute atomic E-state index is 13.6. The van der Waals surface area contributed by atoms with E-state index in [-0.39, 0.29) is 28.1 Å². The Hall–Kier alpha value is -2.35. The molecule has 1 aromatic heterocycles. The zero-order valence-electron chi connectivity index (χ0n) is 17.3. The van der Waals surface area contributed by atoms with Gasteiger partial charge < -0.3 is 9.72 Å².